The first-order valence-electron chi connectivity index (χ1n) is 5.69. The van der Waals surface area contributed by atoms with Crippen molar-refractivity contribution in [2.45, 2.75) is 13.5 Å². The predicted octanol–water partition coefficient (Wildman–Crippen LogP) is 3.15. The molecular weight excluding hydrogens is 231 g/mol. The fourth-order valence-electron chi connectivity index (χ4n) is 1.62. The molecule has 1 N–H and O–H groups in total. The zero-order valence-electron chi connectivity index (χ0n) is 10.4. The average Bonchev–Trinajstić information content (AvgIpc) is 2.38. The van der Waals surface area contributed by atoms with Gasteiger partial charge in [-0.2, -0.15) is 0 Å². The van der Waals surface area contributed by atoms with E-state index in [2.05, 4.69) is 10.3 Å². The van der Waals surface area contributed by atoms with Gasteiger partial charge in [-0.3, -0.25) is 0 Å². The fraction of sp³-hybridized carbons (Fsp3) is 0.214. The third kappa shape index (κ3) is 2.97. The van der Waals surface area contributed by atoms with Gasteiger partial charge in [0.25, 0.3) is 0 Å². The van der Waals surface area contributed by atoms with E-state index >= 15 is 0 Å². The zero-order valence-corrected chi connectivity index (χ0v) is 10.4. The second kappa shape index (κ2) is 5.49. The Morgan fingerprint density at radius 2 is 2.11 bits per heavy atom. The average molecular weight is 246 g/mol. The summed E-state index contributed by atoms with van der Waals surface area (Å²) < 4.78 is 18.6. The number of hydrogen-bond acceptors (Lipinski definition) is 3. The highest BCUT2D eigenvalue weighted by atomic mass is 19.1. The van der Waals surface area contributed by atoms with Gasteiger partial charge in [0.1, 0.15) is 5.82 Å². The van der Waals surface area contributed by atoms with Crippen LogP contribution in [0.3, 0.4) is 0 Å². The van der Waals surface area contributed by atoms with Crippen LogP contribution in [0.5, 0.6) is 5.88 Å². The maximum atomic E-state index is 13.6. The maximum Gasteiger partial charge on any atom is 0.213 e. The smallest absolute Gasteiger partial charge is 0.213 e. The van der Waals surface area contributed by atoms with Crippen molar-refractivity contribution in [2.75, 3.05) is 12.4 Å². The summed E-state index contributed by atoms with van der Waals surface area (Å²) in [6.45, 7) is 2.31. The molecule has 0 spiro atoms. The van der Waals surface area contributed by atoms with Crippen LogP contribution in [-0.2, 0) is 6.54 Å². The number of anilines is 1. The van der Waals surface area contributed by atoms with Crippen LogP contribution in [0.2, 0.25) is 0 Å². The van der Waals surface area contributed by atoms with Crippen LogP contribution in [0.15, 0.2) is 36.4 Å². The molecule has 0 aliphatic carbocycles. The predicted molar refractivity (Wildman–Crippen MR) is 69.3 cm³/mol. The van der Waals surface area contributed by atoms with E-state index in [9.17, 15) is 4.39 Å². The molecule has 0 saturated carbocycles. The molecule has 1 aromatic heterocycles. The van der Waals surface area contributed by atoms with E-state index < -0.39 is 0 Å². The number of aryl methyl sites for hydroxylation is 1. The molecule has 3 nitrogen and oxygen atoms in total. The highest BCUT2D eigenvalue weighted by Crippen LogP contribution is 2.16. The van der Waals surface area contributed by atoms with E-state index in [4.69, 9.17) is 4.74 Å². The molecule has 0 saturated heterocycles. The van der Waals surface area contributed by atoms with E-state index in [1.807, 2.05) is 25.1 Å². The van der Waals surface area contributed by atoms with Crippen molar-refractivity contribution in [1.82, 2.24) is 4.98 Å². The number of pyridine rings is 1. The van der Waals surface area contributed by atoms with E-state index in [1.54, 1.807) is 19.2 Å². The Hall–Kier alpha value is -2.10. The molecule has 2 rings (SSSR count). The molecular formula is C14H15FN2O. The Labute approximate surface area is 106 Å². The van der Waals surface area contributed by atoms with E-state index in [0.29, 0.717) is 18.1 Å². The largest absolute Gasteiger partial charge is 0.481 e. The van der Waals surface area contributed by atoms with Gasteiger partial charge in [-0.15, -0.1) is 0 Å². The highest BCUT2D eigenvalue weighted by molar-refractivity contribution is 5.46. The number of rotatable bonds is 4. The summed E-state index contributed by atoms with van der Waals surface area (Å²) in [6, 6.07) is 10.6. The summed E-state index contributed by atoms with van der Waals surface area (Å²) in [5.41, 5.74) is 2.18. The number of ether oxygens (including phenoxy) is 1. The molecule has 0 unspecified atom stereocenters. The normalized spacial score (nSPS) is 10.2. The molecule has 4 heteroatoms. The molecule has 0 amide bonds. The monoisotopic (exact) mass is 246 g/mol. The topological polar surface area (TPSA) is 34.1 Å². The first-order chi connectivity index (χ1) is 8.69. The van der Waals surface area contributed by atoms with Gasteiger partial charge < -0.3 is 10.1 Å². The SMILES string of the molecule is COc1cccc(CNc2ccc(C)cc2F)n1. The molecule has 1 heterocycles. The molecule has 0 aliphatic heterocycles. The lowest BCUT2D eigenvalue weighted by molar-refractivity contribution is 0.396. The van der Waals surface area contributed by atoms with Gasteiger partial charge >= 0.3 is 0 Å². The lowest BCUT2D eigenvalue weighted by Gasteiger charge is -2.08. The number of hydrogen-bond donors (Lipinski definition) is 1. The Morgan fingerprint density at radius 1 is 1.28 bits per heavy atom. The summed E-state index contributed by atoms with van der Waals surface area (Å²) in [5, 5.41) is 3.01. The van der Waals surface area contributed by atoms with Crippen LogP contribution >= 0.6 is 0 Å². The lowest BCUT2D eigenvalue weighted by Crippen LogP contribution is -2.04. The number of methoxy groups -OCH3 is 1. The zero-order chi connectivity index (χ0) is 13.0. The maximum absolute atomic E-state index is 13.6. The second-order valence-corrected chi connectivity index (χ2v) is 4.01. The van der Waals surface area contributed by atoms with Gasteiger partial charge in [0.05, 0.1) is 25.0 Å². The van der Waals surface area contributed by atoms with Crippen LogP contribution < -0.4 is 10.1 Å². The van der Waals surface area contributed by atoms with Crippen LogP contribution in [0, 0.1) is 12.7 Å². The summed E-state index contributed by atoms with van der Waals surface area (Å²) in [4.78, 5) is 4.25. The molecule has 1 aromatic carbocycles. The summed E-state index contributed by atoms with van der Waals surface area (Å²) in [7, 11) is 1.57. The Balaban J connectivity index is 2.06. The number of aromatic nitrogens is 1. The minimum Gasteiger partial charge on any atom is -0.481 e. The first-order valence-corrected chi connectivity index (χ1v) is 5.69. The lowest BCUT2D eigenvalue weighted by atomic mass is 10.2. The molecule has 0 fully saturated rings. The van der Waals surface area contributed by atoms with Gasteiger partial charge in [0.2, 0.25) is 5.88 Å². The van der Waals surface area contributed by atoms with Gasteiger partial charge in [0, 0.05) is 6.07 Å². The van der Waals surface area contributed by atoms with Gasteiger partial charge in [-0.05, 0) is 30.7 Å². The minimum absolute atomic E-state index is 0.252. The van der Waals surface area contributed by atoms with Crippen LogP contribution in [-0.4, -0.2) is 12.1 Å². The van der Waals surface area contributed by atoms with Crippen molar-refractivity contribution < 1.29 is 9.13 Å². The van der Waals surface area contributed by atoms with Crippen molar-refractivity contribution in [3.8, 4) is 5.88 Å². The van der Waals surface area contributed by atoms with Gasteiger partial charge in [0.15, 0.2) is 0 Å². The third-order valence-electron chi connectivity index (χ3n) is 2.57. The molecule has 18 heavy (non-hydrogen) atoms. The van der Waals surface area contributed by atoms with E-state index in [0.717, 1.165) is 11.3 Å². The van der Waals surface area contributed by atoms with Crippen LogP contribution in [0.25, 0.3) is 0 Å². The molecule has 0 aliphatic rings. The summed E-state index contributed by atoms with van der Waals surface area (Å²) in [5.74, 6) is 0.302. The van der Waals surface area contributed by atoms with Gasteiger partial charge in [-0.25, -0.2) is 9.37 Å². The van der Waals surface area contributed by atoms with Crippen molar-refractivity contribution in [2.24, 2.45) is 0 Å². The van der Waals surface area contributed by atoms with Crippen LogP contribution in [0.4, 0.5) is 10.1 Å². The summed E-state index contributed by atoms with van der Waals surface area (Å²) >= 11 is 0. The second-order valence-electron chi connectivity index (χ2n) is 4.01. The van der Waals surface area contributed by atoms with Crippen molar-refractivity contribution in [1.29, 1.82) is 0 Å². The number of benzene rings is 1. The van der Waals surface area contributed by atoms with Crippen molar-refractivity contribution in [3.63, 3.8) is 0 Å². The number of nitrogens with zero attached hydrogens (tertiary/aromatic N) is 1. The number of nitrogens with one attached hydrogen (secondary N) is 1. The quantitative estimate of drug-likeness (QED) is 0.899. The highest BCUT2D eigenvalue weighted by Gasteiger charge is 2.02. The Kier molecular flexibility index (Phi) is 3.77. The minimum atomic E-state index is -0.252. The molecule has 94 valence electrons. The Morgan fingerprint density at radius 3 is 2.83 bits per heavy atom. The first kappa shape index (κ1) is 12.4. The van der Waals surface area contributed by atoms with Crippen LogP contribution in [0.1, 0.15) is 11.3 Å². The molecule has 0 atom stereocenters. The molecule has 0 bridgehead atoms. The van der Waals surface area contributed by atoms with Gasteiger partial charge in [-0.1, -0.05) is 12.1 Å². The molecule has 0 radical (unpaired) electrons. The third-order valence-corrected chi connectivity index (χ3v) is 2.57. The number of halogens is 1. The standard InChI is InChI=1S/C14H15FN2O/c1-10-6-7-13(12(15)8-10)16-9-11-4-3-5-14(17-11)18-2/h3-8,16H,9H2,1-2H3. The fourth-order valence-corrected chi connectivity index (χ4v) is 1.62. The molecule has 2 aromatic rings. The van der Waals surface area contributed by atoms with E-state index in [1.165, 1.54) is 6.07 Å². The Bertz CT molecular complexity index is 543. The van der Waals surface area contributed by atoms with E-state index in [-0.39, 0.29) is 5.82 Å². The van der Waals surface area contributed by atoms with Crippen molar-refractivity contribution in [3.05, 3.63) is 53.5 Å². The van der Waals surface area contributed by atoms with Crippen molar-refractivity contribution >= 4 is 5.69 Å². The summed E-state index contributed by atoms with van der Waals surface area (Å²) in [6.07, 6.45) is 0.